The third-order valence-corrected chi connectivity index (χ3v) is 5.30. The van der Waals surface area contributed by atoms with Crippen molar-refractivity contribution in [3.63, 3.8) is 0 Å². The van der Waals surface area contributed by atoms with Gasteiger partial charge in [-0.2, -0.15) is 0 Å². The number of aliphatic hydroxyl groups excluding tert-OH is 1. The zero-order valence-corrected chi connectivity index (χ0v) is 13.9. The van der Waals surface area contributed by atoms with E-state index in [0.29, 0.717) is 5.92 Å². The zero-order valence-electron chi connectivity index (χ0n) is 13.9. The fraction of sp³-hybridized carbons (Fsp3) is 0.333. The Morgan fingerprint density at radius 3 is 2.58 bits per heavy atom. The molecule has 1 fully saturated rings. The van der Waals surface area contributed by atoms with E-state index in [-0.39, 0.29) is 6.10 Å². The maximum absolute atomic E-state index is 10.6. The molecule has 124 valence electrons. The molecule has 0 spiro atoms. The van der Waals surface area contributed by atoms with Gasteiger partial charge in [0.1, 0.15) is 0 Å². The molecule has 2 heterocycles. The number of aromatic amines is 1. The van der Waals surface area contributed by atoms with Crippen LogP contribution in [-0.4, -0.2) is 28.1 Å². The van der Waals surface area contributed by atoms with Gasteiger partial charge in [0, 0.05) is 23.6 Å². The first-order chi connectivity index (χ1) is 11.8. The fourth-order valence-corrected chi connectivity index (χ4v) is 3.88. The average molecular weight is 320 g/mol. The third-order valence-electron chi connectivity index (χ3n) is 5.30. The Balaban J connectivity index is 1.39. The van der Waals surface area contributed by atoms with Crippen LogP contribution < -0.4 is 0 Å². The molecule has 0 bridgehead atoms. The molecule has 0 saturated carbocycles. The summed E-state index contributed by atoms with van der Waals surface area (Å²) < 4.78 is 0. The Morgan fingerprint density at radius 2 is 1.79 bits per heavy atom. The van der Waals surface area contributed by atoms with Gasteiger partial charge in [-0.15, -0.1) is 0 Å². The standard InChI is InChI=1S/C21H24N2O/c24-21(16-5-2-1-3-6-16)17-10-13-23(14-11-17)15-18-7-4-8-20-19(18)9-12-22-20/h1-9,12,17,21-22,24H,10-11,13-15H2. The van der Waals surface area contributed by atoms with E-state index in [1.165, 1.54) is 16.5 Å². The summed E-state index contributed by atoms with van der Waals surface area (Å²) in [4.78, 5) is 5.80. The van der Waals surface area contributed by atoms with Crippen molar-refractivity contribution in [2.45, 2.75) is 25.5 Å². The van der Waals surface area contributed by atoms with Crippen LogP contribution in [-0.2, 0) is 6.54 Å². The molecule has 3 aromatic rings. The lowest BCUT2D eigenvalue weighted by molar-refractivity contribution is 0.0569. The van der Waals surface area contributed by atoms with E-state index in [2.05, 4.69) is 34.1 Å². The number of likely N-dealkylation sites (tertiary alicyclic amines) is 1. The van der Waals surface area contributed by atoms with Crippen molar-refractivity contribution in [1.82, 2.24) is 9.88 Å². The molecule has 1 aromatic heterocycles. The number of hydrogen-bond donors (Lipinski definition) is 2. The SMILES string of the molecule is OC(c1ccccc1)C1CCN(Cc2cccc3[nH]ccc23)CC1. The van der Waals surface area contributed by atoms with Gasteiger partial charge in [-0.05, 0) is 55.1 Å². The van der Waals surface area contributed by atoms with Gasteiger partial charge in [0.05, 0.1) is 6.10 Å². The molecular weight excluding hydrogens is 296 g/mol. The van der Waals surface area contributed by atoms with Crippen molar-refractivity contribution in [3.8, 4) is 0 Å². The number of hydrogen-bond acceptors (Lipinski definition) is 2. The summed E-state index contributed by atoms with van der Waals surface area (Å²) in [6.45, 7) is 3.09. The first kappa shape index (κ1) is 15.4. The number of nitrogens with zero attached hydrogens (tertiary/aromatic N) is 1. The lowest BCUT2D eigenvalue weighted by atomic mass is 9.87. The van der Waals surface area contributed by atoms with Crippen LogP contribution in [0.3, 0.4) is 0 Å². The Hall–Kier alpha value is -2.10. The fourth-order valence-electron chi connectivity index (χ4n) is 3.88. The predicted molar refractivity (Wildman–Crippen MR) is 97.7 cm³/mol. The zero-order chi connectivity index (χ0) is 16.4. The van der Waals surface area contributed by atoms with E-state index in [0.717, 1.165) is 38.0 Å². The van der Waals surface area contributed by atoms with E-state index < -0.39 is 0 Å². The number of fused-ring (bicyclic) bond motifs is 1. The largest absolute Gasteiger partial charge is 0.388 e. The summed E-state index contributed by atoms with van der Waals surface area (Å²) >= 11 is 0. The molecule has 0 radical (unpaired) electrons. The minimum atomic E-state index is -0.332. The van der Waals surface area contributed by atoms with Crippen molar-refractivity contribution >= 4 is 10.9 Å². The molecule has 1 unspecified atom stereocenters. The number of rotatable bonds is 4. The van der Waals surface area contributed by atoms with Crippen molar-refractivity contribution in [2.75, 3.05) is 13.1 Å². The molecule has 1 aliphatic heterocycles. The maximum atomic E-state index is 10.6. The highest BCUT2D eigenvalue weighted by Gasteiger charge is 2.26. The number of H-pyrrole nitrogens is 1. The van der Waals surface area contributed by atoms with Gasteiger partial charge in [-0.3, -0.25) is 4.90 Å². The van der Waals surface area contributed by atoms with E-state index in [1.54, 1.807) is 0 Å². The predicted octanol–water partition coefficient (Wildman–Crippen LogP) is 4.11. The molecule has 1 aliphatic rings. The van der Waals surface area contributed by atoms with Crippen molar-refractivity contribution in [1.29, 1.82) is 0 Å². The van der Waals surface area contributed by atoms with Gasteiger partial charge in [-0.25, -0.2) is 0 Å². The van der Waals surface area contributed by atoms with E-state index in [4.69, 9.17) is 0 Å². The molecule has 3 nitrogen and oxygen atoms in total. The number of piperidine rings is 1. The Labute approximate surface area is 142 Å². The van der Waals surface area contributed by atoms with Crippen molar-refractivity contribution < 1.29 is 5.11 Å². The highest BCUT2D eigenvalue weighted by molar-refractivity contribution is 5.82. The monoisotopic (exact) mass is 320 g/mol. The summed E-state index contributed by atoms with van der Waals surface area (Å²) in [6, 6.07) is 18.7. The second kappa shape index (κ2) is 6.80. The summed E-state index contributed by atoms with van der Waals surface area (Å²) in [7, 11) is 0. The molecular formula is C21H24N2O. The minimum Gasteiger partial charge on any atom is -0.388 e. The number of aliphatic hydroxyl groups is 1. The molecule has 0 aliphatic carbocycles. The lowest BCUT2D eigenvalue weighted by Crippen LogP contribution is -2.35. The number of aromatic nitrogens is 1. The quantitative estimate of drug-likeness (QED) is 0.759. The van der Waals surface area contributed by atoms with Crippen molar-refractivity contribution in [2.24, 2.45) is 5.92 Å². The summed E-state index contributed by atoms with van der Waals surface area (Å²) in [5.41, 5.74) is 3.64. The Kier molecular flexibility index (Phi) is 4.37. The second-order valence-corrected chi connectivity index (χ2v) is 6.83. The molecule has 2 N–H and O–H groups in total. The maximum Gasteiger partial charge on any atom is 0.0819 e. The normalized spacial score (nSPS) is 18.0. The van der Waals surface area contributed by atoms with Crippen molar-refractivity contribution in [3.05, 3.63) is 71.9 Å². The highest BCUT2D eigenvalue weighted by atomic mass is 16.3. The average Bonchev–Trinajstić information content (AvgIpc) is 3.12. The topological polar surface area (TPSA) is 39.3 Å². The van der Waals surface area contributed by atoms with Gasteiger partial charge in [-0.1, -0.05) is 42.5 Å². The molecule has 4 rings (SSSR count). The third kappa shape index (κ3) is 3.10. The molecule has 24 heavy (non-hydrogen) atoms. The highest BCUT2D eigenvalue weighted by Crippen LogP contribution is 2.31. The molecule has 0 amide bonds. The van der Waals surface area contributed by atoms with Crippen LogP contribution in [0.1, 0.15) is 30.1 Å². The van der Waals surface area contributed by atoms with E-state index in [9.17, 15) is 5.11 Å². The summed E-state index contributed by atoms with van der Waals surface area (Å²) in [5.74, 6) is 0.367. The summed E-state index contributed by atoms with van der Waals surface area (Å²) in [5, 5.41) is 11.9. The van der Waals surface area contributed by atoms with Crippen LogP contribution in [0.4, 0.5) is 0 Å². The number of nitrogens with one attached hydrogen (secondary N) is 1. The number of benzene rings is 2. The van der Waals surface area contributed by atoms with E-state index >= 15 is 0 Å². The van der Waals surface area contributed by atoms with E-state index in [1.807, 2.05) is 36.5 Å². The lowest BCUT2D eigenvalue weighted by Gasteiger charge is -2.34. The molecule has 3 heteroatoms. The van der Waals surface area contributed by atoms with Crippen LogP contribution in [0, 0.1) is 5.92 Å². The van der Waals surface area contributed by atoms with Gasteiger partial charge in [0.25, 0.3) is 0 Å². The molecule has 2 aromatic carbocycles. The minimum absolute atomic E-state index is 0.332. The smallest absolute Gasteiger partial charge is 0.0819 e. The van der Waals surface area contributed by atoms with Crippen LogP contribution >= 0.6 is 0 Å². The summed E-state index contributed by atoms with van der Waals surface area (Å²) in [6.07, 6.45) is 3.79. The Morgan fingerprint density at radius 1 is 1.00 bits per heavy atom. The van der Waals surface area contributed by atoms with Crippen LogP contribution in [0.15, 0.2) is 60.8 Å². The molecule has 1 atom stereocenters. The van der Waals surface area contributed by atoms with Crippen LogP contribution in [0.5, 0.6) is 0 Å². The van der Waals surface area contributed by atoms with Gasteiger partial charge < -0.3 is 10.1 Å². The Bertz CT molecular complexity index is 788. The second-order valence-electron chi connectivity index (χ2n) is 6.83. The first-order valence-electron chi connectivity index (χ1n) is 8.81. The van der Waals surface area contributed by atoms with Gasteiger partial charge >= 0.3 is 0 Å². The van der Waals surface area contributed by atoms with Crippen LogP contribution in [0.2, 0.25) is 0 Å². The van der Waals surface area contributed by atoms with Gasteiger partial charge in [0.2, 0.25) is 0 Å². The van der Waals surface area contributed by atoms with Gasteiger partial charge in [0.15, 0.2) is 0 Å². The van der Waals surface area contributed by atoms with Crippen LogP contribution in [0.25, 0.3) is 10.9 Å². The first-order valence-corrected chi connectivity index (χ1v) is 8.81. The molecule has 1 saturated heterocycles.